The Morgan fingerprint density at radius 2 is 2.17 bits per heavy atom. The van der Waals surface area contributed by atoms with Gasteiger partial charge in [0, 0.05) is 17.9 Å². The Morgan fingerprint density at radius 1 is 1.39 bits per heavy atom. The summed E-state index contributed by atoms with van der Waals surface area (Å²) in [5.41, 5.74) is 2.39. The molecule has 0 fully saturated rings. The minimum atomic E-state index is -3.71. The van der Waals surface area contributed by atoms with Crippen molar-refractivity contribution in [1.82, 2.24) is 9.55 Å². The highest BCUT2D eigenvalue weighted by Gasteiger charge is 2.21. The molecule has 0 spiro atoms. The SMILES string of the molecule is CC(C)n1cnc(S(=O)(=O)Nc2ccc3c(c2)CCC[C@H]3O)c1. The van der Waals surface area contributed by atoms with Gasteiger partial charge in [0.2, 0.25) is 0 Å². The van der Waals surface area contributed by atoms with E-state index < -0.39 is 16.1 Å². The number of benzene rings is 1. The quantitative estimate of drug-likeness (QED) is 0.899. The Balaban J connectivity index is 1.85. The monoisotopic (exact) mass is 335 g/mol. The van der Waals surface area contributed by atoms with Crippen molar-refractivity contribution in [2.24, 2.45) is 0 Å². The zero-order valence-corrected chi connectivity index (χ0v) is 14.0. The minimum Gasteiger partial charge on any atom is -0.388 e. The number of hydrogen-bond donors (Lipinski definition) is 2. The second kappa shape index (κ2) is 5.98. The normalized spacial score (nSPS) is 18.0. The summed E-state index contributed by atoms with van der Waals surface area (Å²) in [6.07, 6.45) is 5.10. The molecule has 0 saturated heterocycles. The number of fused-ring (bicyclic) bond motifs is 1. The lowest BCUT2D eigenvalue weighted by Crippen LogP contribution is -2.15. The first-order chi connectivity index (χ1) is 10.9. The molecule has 6 nitrogen and oxygen atoms in total. The van der Waals surface area contributed by atoms with Crippen LogP contribution < -0.4 is 4.72 Å². The average Bonchev–Trinajstić information content (AvgIpc) is 2.98. The van der Waals surface area contributed by atoms with Crippen molar-refractivity contribution in [2.45, 2.75) is 50.3 Å². The lowest BCUT2D eigenvalue weighted by atomic mass is 9.89. The fourth-order valence-corrected chi connectivity index (χ4v) is 3.79. The Labute approximate surface area is 136 Å². The molecular weight excluding hydrogens is 314 g/mol. The summed E-state index contributed by atoms with van der Waals surface area (Å²) in [6.45, 7) is 3.92. The van der Waals surface area contributed by atoms with Gasteiger partial charge in [-0.2, -0.15) is 8.42 Å². The van der Waals surface area contributed by atoms with Gasteiger partial charge >= 0.3 is 0 Å². The van der Waals surface area contributed by atoms with Crippen molar-refractivity contribution in [3.63, 3.8) is 0 Å². The fraction of sp³-hybridized carbons (Fsp3) is 0.438. The van der Waals surface area contributed by atoms with Gasteiger partial charge in [-0.25, -0.2) is 4.98 Å². The van der Waals surface area contributed by atoms with Crippen LogP contribution in [0.4, 0.5) is 5.69 Å². The highest BCUT2D eigenvalue weighted by molar-refractivity contribution is 7.92. The number of aliphatic hydroxyl groups is 1. The highest BCUT2D eigenvalue weighted by Crippen LogP contribution is 2.31. The number of rotatable bonds is 4. The van der Waals surface area contributed by atoms with E-state index in [1.165, 1.54) is 12.5 Å². The van der Waals surface area contributed by atoms with Crippen molar-refractivity contribution >= 4 is 15.7 Å². The third-order valence-corrected chi connectivity index (χ3v) is 5.39. The van der Waals surface area contributed by atoms with Gasteiger partial charge in [0.25, 0.3) is 10.0 Å². The standard InChI is InChI=1S/C16H21N3O3S/c1-11(2)19-9-16(17-10-19)23(21,22)18-13-6-7-14-12(8-13)4-3-5-15(14)20/h6-11,15,18,20H,3-5H2,1-2H3/t15-/m1/s1. The lowest BCUT2D eigenvalue weighted by molar-refractivity contribution is 0.156. The van der Waals surface area contributed by atoms with Gasteiger partial charge < -0.3 is 9.67 Å². The van der Waals surface area contributed by atoms with Crippen LogP contribution in [0.2, 0.25) is 0 Å². The molecule has 3 rings (SSSR count). The summed E-state index contributed by atoms with van der Waals surface area (Å²) in [6, 6.07) is 5.43. The molecule has 1 atom stereocenters. The molecule has 1 aliphatic rings. The van der Waals surface area contributed by atoms with E-state index in [-0.39, 0.29) is 11.1 Å². The van der Waals surface area contributed by atoms with Crippen LogP contribution in [0.15, 0.2) is 35.7 Å². The van der Waals surface area contributed by atoms with Crippen LogP contribution in [0.25, 0.3) is 0 Å². The summed E-state index contributed by atoms with van der Waals surface area (Å²) < 4.78 is 29.2. The van der Waals surface area contributed by atoms with Crippen LogP contribution in [0.1, 0.15) is 50.0 Å². The first kappa shape index (κ1) is 16.0. The van der Waals surface area contributed by atoms with E-state index in [1.54, 1.807) is 22.8 Å². The fourth-order valence-electron chi connectivity index (χ4n) is 2.80. The Kier molecular flexibility index (Phi) is 4.16. The number of sulfonamides is 1. The predicted molar refractivity (Wildman–Crippen MR) is 87.8 cm³/mol. The van der Waals surface area contributed by atoms with Crippen molar-refractivity contribution in [1.29, 1.82) is 0 Å². The summed E-state index contributed by atoms with van der Waals surface area (Å²) in [5.74, 6) is 0. The molecule has 0 bridgehead atoms. The summed E-state index contributed by atoms with van der Waals surface area (Å²) in [4.78, 5) is 3.98. The second-order valence-electron chi connectivity index (χ2n) is 6.18. The highest BCUT2D eigenvalue weighted by atomic mass is 32.2. The maximum atomic E-state index is 12.4. The number of anilines is 1. The lowest BCUT2D eigenvalue weighted by Gasteiger charge is -2.22. The first-order valence-electron chi connectivity index (χ1n) is 7.74. The maximum absolute atomic E-state index is 12.4. The number of imidazole rings is 1. The van der Waals surface area contributed by atoms with Crippen molar-refractivity contribution in [2.75, 3.05) is 4.72 Å². The van der Waals surface area contributed by atoms with Crippen LogP contribution in [-0.4, -0.2) is 23.1 Å². The first-order valence-corrected chi connectivity index (χ1v) is 9.22. The zero-order chi connectivity index (χ0) is 16.6. The molecule has 2 aromatic rings. The molecule has 23 heavy (non-hydrogen) atoms. The molecule has 0 amide bonds. The Bertz CT molecular complexity index is 812. The second-order valence-corrected chi connectivity index (χ2v) is 7.81. The Hall–Kier alpha value is -1.86. The van der Waals surface area contributed by atoms with Crippen LogP contribution in [0.5, 0.6) is 0 Å². The van der Waals surface area contributed by atoms with E-state index >= 15 is 0 Å². The molecule has 1 aliphatic carbocycles. The van der Waals surface area contributed by atoms with E-state index in [9.17, 15) is 13.5 Å². The van der Waals surface area contributed by atoms with Crippen molar-refractivity contribution in [3.8, 4) is 0 Å². The molecular formula is C16H21N3O3S. The van der Waals surface area contributed by atoms with Crippen molar-refractivity contribution < 1.29 is 13.5 Å². The zero-order valence-electron chi connectivity index (χ0n) is 13.2. The third kappa shape index (κ3) is 3.25. The van der Waals surface area contributed by atoms with Gasteiger partial charge in [-0.1, -0.05) is 6.07 Å². The average molecular weight is 335 g/mol. The van der Waals surface area contributed by atoms with E-state index in [0.717, 1.165) is 30.4 Å². The van der Waals surface area contributed by atoms with Crippen LogP contribution in [0, 0.1) is 0 Å². The molecule has 0 radical (unpaired) electrons. The molecule has 7 heteroatoms. The van der Waals surface area contributed by atoms with Gasteiger partial charge in [-0.3, -0.25) is 4.72 Å². The number of aryl methyl sites for hydroxylation is 1. The minimum absolute atomic E-state index is 0.00366. The molecule has 124 valence electrons. The van der Waals surface area contributed by atoms with Gasteiger partial charge in [-0.15, -0.1) is 0 Å². The summed E-state index contributed by atoms with van der Waals surface area (Å²) in [7, 11) is -3.71. The van der Waals surface area contributed by atoms with Gasteiger partial charge in [0.15, 0.2) is 5.03 Å². The van der Waals surface area contributed by atoms with E-state index in [1.807, 2.05) is 13.8 Å². The smallest absolute Gasteiger partial charge is 0.280 e. The maximum Gasteiger partial charge on any atom is 0.280 e. The molecule has 0 unspecified atom stereocenters. The van der Waals surface area contributed by atoms with Crippen molar-refractivity contribution in [3.05, 3.63) is 41.9 Å². The number of aromatic nitrogens is 2. The van der Waals surface area contributed by atoms with E-state index in [2.05, 4.69) is 9.71 Å². The third-order valence-electron chi connectivity index (χ3n) is 4.13. The van der Waals surface area contributed by atoms with Gasteiger partial charge in [0.1, 0.15) is 0 Å². The largest absolute Gasteiger partial charge is 0.388 e. The number of nitrogens with one attached hydrogen (secondary N) is 1. The molecule has 1 aromatic heterocycles. The topological polar surface area (TPSA) is 84.2 Å². The van der Waals surface area contributed by atoms with Crippen LogP contribution in [-0.2, 0) is 16.4 Å². The molecule has 1 aromatic carbocycles. The summed E-state index contributed by atoms with van der Waals surface area (Å²) >= 11 is 0. The Morgan fingerprint density at radius 3 is 2.87 bits per heavy atom. The van der Waals surface area contributed by atoms with Crippen LogP contribution in [0.3, 0.4) is 0 Å². The van der Waals surface area contributed by atoms with Gasteiger partial charge in [0.05, 0.1) is 12.4 Å². The number of nitrogens with zero attached hydrogens (tertiary/aromatic N) is 2. The predicted octanol–water partition coefficient (Wildman–Crippen LogP) is 2.63. The number of aliphatic hydroxyl groups excluding tert-OH is 1. The molecule has 2 N–H and O–H groups in total. The molecule has 1 heterocycles. The molecule has 0 aliphatic heterocycles. The summed E-state index contributed by atoms with van der Waals surface area (Å²) in [5, 5.41) is 9.97. The van der Waals surface area contributed by atoms with E-state index in [0.29, 0.717) is 5.69 Å². The number of hydrogen-bond acceptors (Lipinski definition) is 4. The van der Waals surface area contributed by atoms with E-state index in [4.69, 9.17) is 0 Å². The van der Waals surface area contributed by atoms with Gasteiger partial charge in [-0.05, 0) is 56.4 Å². The molecule has 0 saturated carbocycles. The van der Waals surface area contributed by atoms with Crippen LogP contribution >= 0.6 is 0 Å².